The third-order valence-electron chi connectivity index (χ3n) is 7.08. The molecule has 0 spiro atoms. The van der Waals surface area contributed by atoms with Gasteiger partial charge in [-0.15, -0.1) is 0 Å². The second kappa shape index (κ2) is 8.79. The molecule has 0 amide bonds. The summed E-state index contributed by atoms with van der Waals surface area (Å²) in [4.78, 5) is 24.4. The molecule has 4 atom stereocenters. The highest BCUT2D eigenvalue weighted by molar-refractivity contribution is 6.02. The summed E-state index contributed by atoms with van der Waals surface area (Å²) in [6, 6.07) is 0. The van der Waals surface area contributed by atoms with Gasteiger partial charge in [-0.05, 0) is 43.9 Å². The number of carbonyl (C=O) groups is 2. The van der Waals surface area contributed by atoms with E-state index < -0.39 is 22.8 Å². The lowest BCUT2D eigenvalue weighted by Gasteiger charge is -2.32. The summed E-state index contributed by atoms with van der Waals surface area (Å²) in [7, 11) is 0. The number of hydrogen-bond acceptors (Lipinski definition) is 2. The molecule has 2 aliphatic carbocycles. The zero-order chi connectivity index (χ0) is 20.2. The third kappa shape index (κ3) is 4.41. The first-order chi connectivity index (χ1) is 12.7. The maximum Gasteiger partial charge on any atom is 0.332 e. The van der Waals surface area contributed by atoms with Crippen molar-refractivity contribution < 1.29 is 19.8 Å². The quantitative estimate of drug-likeness (QED) is 0.433. The van der Waals surface area contributed by atoms with Crippen molar-refractivity contribution in [1.29, 1.82) is 0 Å². The van der Waals surface area contributed by atoms with E-state index in [0.29, 0.717) is 11.8 Å². The second-order valence-electron chi connectivity index (χ2n) is 9.50. The molecule has 27 heavy (non-hydrogen) atoms. The molecule has 2 bridgehead atoms. The molecule has 0 heterocycles. The Labute approximate surface area is 164 Å². The van der Waals surface area contributed by atoms with Gasteiger partial charge in [-0.3, -0.25) is 0 Å². The SMILES string of the molecule is CCCCC(C)CC12CCC(CC(C)CCCC)(C1)C(C(=O)O)=C2C(=O)O. The minimum absolute atomic E-state index is 0.243. The predicted octanol–water partition coefficient (Wildman–Crippen LogP) is 6.06. The monoisotopic (exact) mass is 378 g/mol. The Balaban J connectivity index is 2.35. The van der Waals surface area contributed by atoms with Crippen LogP contribution in [-0.4, -0.2) is 22.2 Å². The van der Waals surface area contributed by atoms with Gasteiger partial charge in [0, 0.05) is 10.8 Å². The van der Waals surface area contributed by atoms with Gasteiger partial charge >= 0.3 is 11.9 Å². The summed E-state index contributed by atoms with van der Waals surface area (Å²) < 4.78 is 0. The van der Waals surface area contributed by atoms with Crippen LogP contribution in [0.15, 0.2) is 11.1 Å². The zero-order valence-corrected chi connectivity index (χ0v) is 17.6. The van der Waals surface area contributed by atoms with Crippen molar-refractivity contribution in [2.75, 3.05) is 0 Å². The molecule has 0 aromatic heterocycles. The minimum atomic E-state index is -1.00. The maximum atomic E-state index is 12.2. The molecular weight excluding hydrogens is 340 g/mol. The molecule has 1 saturated carbocycles. The van der Waals surface area contributed by atoms with Gasteiger partial charge in [0.15, 0.2) is 0 Å². The Hall–Kier alpha value is -1.32. The fraction of sp³-hybridized carbons (Fsp3) is 0.826. The largest absolute Gasteiger partial charge is 0.478 e. The van der Waals surface area contributed by atoms with Gasteiger partial charge in [-0.1, -0.05) is 66.2 Å². The molecule has 0 aromatic carbocycles. The van der Waals surface area contributed by atoms with E-state index in [1.54, 1.807) is 0 Å². The standard InChI is InChI=1S/C23H38O4/c1-5-7-9-16(3)13-22-11-12-23(15-22,14-17(4)10-8-6-2)19(21(26)27)18(22)20(24)25/h16-17H,5-15H2,1-4H3,(H,24,25)(H,26,27). The Morgan fingerprint density at radius 1 is 0.852 bits per heavy atom. The Morgan fingerprint density at radius 3 is 1.52 bits per heavy atom. The first-order valence-electron chi connectivity index (χ1n) is 10.9. The van der Waals surface area contributed by atoms with Crippen molar-refractivity contribution in [2.24, 2.45) is 22.7 Å². The fourth-order valence-electron chi connectivity index (χ4n) is 6.12. The van der Waals surface area contributed by atoms with Gasteiger partial charge in [0.1, 0.15) is 0 Å². The van der Waals surface area contributed by atoms with Crippen molar-refractivity contribution in [2.45, 2.75) is 98.3 Å². The molecule has 0 saturated heterocycles. The lowest BCUT2D eigenvalue weighted by Crippen LogP contribution is -2.30. The summed E-state index contributed by atoms with van der Waals surface area (Å²) >= 11 is 0. The number of carboxylic acid groups (broad SMARTS) is 2. The van der Waals surface area contributed by atoms with Crippen LogP contribution in [0.3, 0.4) is 0 Å². The average Bonchev–Trinajstić information content (AvgIpc) is 3.07. The van der Waals surface area contributed by atoms with E-state index in [1.807, 2.05) is 0 Å². The maximum absolute atomic E-state index is 12.2. The van der Waals surface area contributed by atoms with Crippen molar-refractivity contribution in [1.82, 2.24) is 0 Å². The molecule has 2 N–H and O–H groups in total. The van der Waals surface area contributed by atoms with Gasteiger partial charge in [-0.25, -0.2) is 9.59 Å². The molecule has 154 valence electrons. The van der Waals surface area contributed by atoms with Gasteiger partial charge in [-0.2, -0.15) is 0 Å². The Bertz CT molecular complexity index is 543. The van der Waals surface area contributed by atoms with Crippen LogP contribution in [0.2, 0.25) is 0 Å². The van der Waals surface area contributed by atoms with E-state index in [1.165, 1.54) is 0 Å². The summed E-state index contributed by atoms with van der Waals surface area (Å²) in [6.45, 7) is 8.74. The normalized spacial score (nSPS) is 29.2. The van der Waals surface area contributed by atoms with Crippen molar-refractivity contribution >= 4 is 11.9 Å². The number of rotatable bonds is 12. The minimum Gasteiger partial charge on any atom is -0.478 e. The van der Waals surface area contributed by atoms with Crippen molar-refractivity contribution in [3.8, 4) is 0 Å². The van der Waals surface area contributed by atoms with Gasteiger partial charge in [0.2, 0.25) is 0 Å². The summed E-state index contributed by atoms with van der Waals surface area (Å²) in [5, 5.41) is 20.0. The number of fused-ring (bicyclic) bond motifs is 2. The van der Waals surface area contributed by atoms with Crippen LogP contribution in [-0.2, 0) is 9.59 Å². The van der Waals surface area contributed by atoms with E-state index in [4.69, 9.17) is 0 Å². The summed E-state index contributed by atoms with van der Waals surface area (Å²) in [5.74, 6) is -1.14. The van der Waals surface area contributed by atoms with Gasteiger partial charge in [0.05, 0.1) is 11.1 Å². The van der Waals surface area contributed by atoms with Crippen LogP contribution in [0.5, 0.6) is 0 Å². The molecule has 0 aromatic rings. The zero-order valence-electron chi connectivity index (χ0n) is 17.6. The van der Waals surface area contributed by atoms with Crippen LogP contribution in [0.25, 0.3) is 0 Å². The fourth-order valence-corrected chi connectivity index (χ4v) is 6.12. The van der Waals surface area contributed by atoms with E-state index in [9.17, 15) is 19.8 Å². The molecule has 1 fully saturated rings. The Morgan fingerprint density at radius 2 is 1.22 bits per heavy atom. The molecule has 0 aliphatic heterocycles. The second-order valence-corrected chi connectivity index (χ2v) is 9.50. The Kier molecular flexibility index (Phi) is 7.15. The van der Waals surface area contributed by atoms with Crippen molar-refractivity contribution in [3.63, 3.8) is 0 Å². The first kappa shape index (κ1) is 22.0. The van der Waals surface area contributed by atoms with Crippen LogP contribution in [0, 0.1) is 22.7 Å². The van der Waals surface area contributed by atoms with Gasteiger partial charge in [0.25, 0.3) is 0 Å². The smallest absolute Gasteiger partial charge is 0.332 e. The number of hydrogen-bond donors (Lipinski definition) is 2. The summed E-state index contributed by atoms with van der Waals surface area (Å²) in [6.07, 6.45) is 10.8. The molecule has 4 nitrogen and oxygen atoms in total. The van der Waals surface area contributed by atoms with Crippen molar-refractivity contribution in [3.05, 3.63) is 11.1 Å². The van der Waals surface area contributed by atoms with E-state index in [2.05, 4.69) is 27.7 Å². The molecule has 0 radical (unpaired) electrons. The molecule has 2 aliphatic rings. The topological polar surface area (TPSA) is 74.6 Å². The van der Waals surface area contributed by atoms with Gasteiger partial charge < -0.3 is 10.2 Å². The van der Waals surface area contributed by atoms with E-state index in [0.717, 1.165) is 70.6 Å². The molecule has 4 unspecified atom stereocenters. The molecule has 4 heteroatoms. The van der Waals surface area contributed by atoms with Crippen LogP contribution < -0.4 is 0 Å². The highest BCUT2D eigenvalue weighted by atomic mass is 16.4. The highest BCUT2D eigenvalue weighted by Crippen LogP contribution is 2.68. The van der Waals surface area contributed by atoms with E-state index >= 15 is 0 Å². The summed E-state index contributed by atoms with van der Waals surface area (Å²) in [5.41, 5.74) is -0.381. The lowest BCUT2D eigenvalue weighted by atomic mass is 9.70. The van der Waals surface area contributed by atoms with Crippen LogP contribution >= 0.6 is 0 Å². The number of unbranched alkanes of at least 4 members (excludes halogenated alkanes) is 2. The first-order valence-corrected chi connectivity index (χ1v) is 10.9. The number of aliphatic carboxylic acids is 2. The average molecular weight is 379 g/mol. The highest BCUT2D eigenvalue weighted by Gasteiger charge is 2.62. The molecular formula is C23H38O4. The lowest BCUT2D eigenvalue weighted by molar-refractivity contribution is -0.137. The van der Waals surface area contributed by atoms with Crippen LogP contribution in [0.4, 0.5) is 0 Å². The van der Waals surface area contributed by atoms with Crippen LogP contribution in [0.1, 0.15) is 98.3 Å². The predicted molar refractivity (Wildman–Crippen MR) is 108 cm³/mol. The third-order valence-corrected chi connectivity index (χ3v) is 7.08. The van der Waals surface area contributed by atoms with E-state index in [-0.39, 0.29) is 11.1 Å². The number of carboxylic acids is 2. The molecule has 2 rings (SSSR count).